The van der Waals surface area contributed by atoms with Gasteiger partial charge in [0.05, 0.1) is 15.7 Å². The Morgan fingerprint density at radius 2 is 2.25 bits per heavy atom. The molecule has 1 amide bonds. The number of anilines is 2. The fourth-order valence-corrected chi connectivity index (χ4v) is 2.52. The number of nitrogens with zero attached hydrogens (tertiary/aromatic N) is 1. The summed E-state index contributed by atoms with van der Waals surface area (Å²) in [4.78, 5) is 16.2. The topological polar surface area (TPSA) is 54.0 Å². The first-order valence-corrected chi connectivity index (χ1v) is 7.66. The first-order valence-electron chi connectivity index (χ1n) is 6.02. The summed E-state index contributed by atoms with van der Waals surface area (Å²) >= 11 is 13.4. The van der Waals surface area contributed by atoms with Crippen LogP contribution in [-0.2, 0) is 4.79 Å². The Morgan fingerprint density at radius 1 is 1.45 bits per heavy atom. The van der Waals surface area contributed by atoms with E-state index in [2.05, 4.69) is 15.6 Å². The molecule has 2 N–H and O–H groups in total. The molecule has 106 valence electrons. The van der Waals surface area contributed by atoms with Gasteiger partial charge in [0.1, 0.15) is 6.04 Å². The van der Waals surface area contributed by atoms with Crippen LogP contribution < -0.4 is 10.6 Å². The standard InChI is InChI=1S/C13H13Cl2N3OS/c1-2-9(12(19)18-13-16-6-7-20-13)17-10-5-3-4-8(14)11(10)15/h3-7,9,17H,2H2,1H3,(H,16,18,19)/t9-/m1/s1. The lowest BCUT2D eigenvalue weighted by Gasteiger charge is -2.18. The van der Waals surface area contributed by atoms with Gasteiger partial charge in [-0.15, -0.1) is 11.3 Å². The number of amides is 1. The summed E-state index contributed by atoms with van der Waals surface area (Å²) in [5, 5.41) is 9.10. The lowest BCUT2D eigenvalue weighted by Crippen LogP contribution is -2.34. The number of carbonyl (C=O) groups is 1. The zero-order chi connectivity index (χ0) is 14.5. The quantitative estimate of drug-likeness (QED) is 0.860. The van der Waals surface area contributed by atoms with E-state index >= 15 is 0 Å². The van der Waals surface area contributed by atoms with Crippen molar-refractivity contribution in [3.05, 3.63) is 39.8 Å². The average molecular weight is 330 g/mol. The molecule has 7 heteroatoms. The Kier molecular flexibility index (Phi) is 5.23. The second-order valence-corrected chi connectivity index (χ2v) is 5.71. The van der Waals surface area contributed by atoms with Crippen molar-refractivity contribution in [3.63, 3.8) is 0 Å². The zero-order valence-corrected chi connectivity index (χ0v) is 13.0. The summed E-state index contributed by atoms with van der Waals surface area (Å²) in [7, 11) is 0. The molecule has 20 heavy (non-hydrogen) atoms. The van der Waals surface area contributed by atoms with E-state index < -0.39 is 6.04 Å². The highest BCUT2D eigenvalue weighted by Crippen LogP contribution is 2.30. The first kappa shape index (κ1) is 15.1. The molecule has 0 radical (unpaired) electrons. The van der Waals surface area contributed by atoms with Gasteiger partial charge in [0, 0.05) is 11.6 Å². The first-order chi connectivity index (χ1) is 9.61. The maximum absolute atomic E-state index is 12.2. The van der Waals surface area contributed by atoms with Gasteiger partial charge in [-0.05, 0) is 18.6 Å². The number of carbonyl (C=O) groups excluding carboxylic acids is 1. The molecule has 0 unspecified atom stereocenters. The molecular weight excluding hydrogens is 317 g/mol. The molecule has 0 aliphatic heterocycles. The number of hydrogen-bond donors (Lipinski definition) is 2. The fraction of sp³-hybridized carbons (Fsp3) is 0.231. The molecule has 0 bridgehead atoms. The molecule has 0 saturated heterocycles. The number of hydrogen-bond acceptors (Lipinski definition) is 4. The van der Waals surface area contributed by atoms with Gasteiger partial charge in [-0.2, -0.15) is 0 Å². The molecule has 0 aliphatic carbocycles. The van der Waals surface area contributed by atoms with Gasteiger partial charge in [-0.25, -0.2) is 4.98 Å². The molecule has 1 aromatic heterocycles. The molecule has 2 rings (SSSR count). The SMILES string of the molecule is CC[C@@H](Nc1cccc(Cl)c1Cl)C(=O)Nc1nccs1. The highest BCUT2D eigenvalue weighted by atomic mass is 35.5. The second kappa shape index (κ2) is 6.92. The van der Waals surface area contributed by atoms with Crippen molar-refractivity contribution < 1.29 is 4.79 Å². The van der Waals surface area contributed by atoms with E-state index in [1.54, 1.807) is 29.8 Å². The van der Waals surface area contributed by atoms with Crippen LogP contribution in [0.25, 0.3) is 0 Å². The monoisotopic (exact) mass is 329 g/mol. The van der Waals surface area contributed by atoms with E-state index in [0.717, 1.165) is 0 Å². The highest BCUT2D eigenvalue weighted by Gasteiger charge is 2.18. The lowest BCUT2D eigenvalue weighted by molar-refractivity contribution is -0.116. The van der Waals surface area contributed by atoms with Gasteiger partial charge in [-0.3, -0.25) is 4.79 Å². The van der Waals surface area contributed by atoms with E-state index in [-0.39, 0.29) is 5.91 Å². The number of halogens is 2. The van der Waals surface area contributed by atoms with Gasteiger partial charge in [0.25, 0.3) is 0 Å². The maximum Gasteiger partial charge on any atom is 0.248 e. The summed E-state index contributed by atoms with van der Waals surface area (Å²) in [5.74, 6) is -0.154. The van der Waals surface area contributed by atoms with Crippen LogP contribution >= 0.6 is 34.5 Å². The normalized spacial score (nSPS) is 11.9. The fourth-order valence-electron chi connectivity index (χ4n) is 1.63. The van der Waals surface area contributed by atoms with Crippen LogP contribution in [0.1, 0.15) is 13.3 Å². The van der Waals surface area contributed by atoms with E-state index in [9.17, 15) is 4.79 Å². The minimum atomic E-state index is -0.408. The second-order valence-electron chi connectivity index (χ2n) is 4.03. The van der Waals surface area contributed by atoms with E-state index in [1.807, 2.05) is 6.92 Å². The lowest BCUT2D eigenvalue weighted by atomic mass is 10.2. The summed E-state index contributed by atoms with van der Waals surface area (Å²) in [6.45, 7) is 1.91. The Bertz CT molecular complexity index is 589. The summed E-state index contributed by atoms with van der Waals surface area (Å²) in [5.41, 5.74) is 0.639. The molecular formula is C13H13Cl2N3OS. The molecule has 0 aliphatic rings. The number of thiazole rings is 1. The Morgan fingerprint density at radius 3 is 2.90 bits per heavy atom. The number of nitrogens with one attached hydrogen (secondary N) is 2. The van der Waals surface area contributed by atoms with Crippen molar-refractivity contribution in [1.82, 2.24) is 4.98 Å². The average Bonchev–Trinajstić information content (AvgIpc) is 2.93. The van der Waals surface area contributed by atoms with Crippen LogP contribution in [0.5, 0.6) is 0 Å². The molecule has 1 atom stereocenters. The van der Waals surface area contributed by atoms with Crippen LogP contribution in [0.2, 0.25) is 10.0 Å². The Labute approximate surface area is 131 Å². The predicted molar refractivity (Wildman–Crippen MR) is 84.9 cm³/mol. The number of rotatable bonds is 5. The summed E-state index contributed by atoms with van der Waals surface area (Å²) < 4.78 is 0. The van der Waals surface area contributed by atoms with Crippen molar-refractivity contribution in [2.24, 2.45) is 0 Å². The largest absolute Gasteiger partial charge is 0.372 e. The zero-order valence-electron chi connectivity index (χ0n) is 10.7. The predicted octanol–water partition coefficient (Wildman–Crippen LogP) is 4.28. The van der Waals surface area contributed by atoms with Crippen LogP contribution in [0, 0.1) is 0 Å². The van der Waals surface area contributed by atoms with Gasteiger partial charge in [-0.1, -0.05) is 36.2 Å². The van der Waals surface area contributed by atoms with Crippen LogP contribution in [0.15, 0.2) is 29.8 Å². The van der Waals surface area contributed by atoms with Gasteiger partial charge in [0.15, 0.2) is 5.13 Å². The molecule has 1 aromatic carbocycles. The molecule has 4 nitrogen and oxygen atoms in total. The Hall–Kier alpha value is -1.30. The van der Waals surface area contributed by atoms with Crippen molar-refractivity contribution in [1.29, 1.82) is 0 Å². The van der Waals surface area contributed by atoms with E-state index in [0.29, 0.717) is 27.3 Å². The third-order valence-electron chi connectivity index (χ3n) is 2.67. The molecule has 0 spiro atoms. The van der Waals surface area contributed by atoms with Gasteiger partial charge in [0.2, 0.25) is 5.91 Å². The van der Waals surface area contributed by atoms with Crippen molar-refractivity contribution in [3.8, 4) is 0 Å². The smallest absolute Gasteiger partial charge is 0.248 e. The van der Waals surface area contributed by atoms with E-state index in [4.69, 9.17) is 23.2 Å². The third-order valence-corrected chi connectivity index (χ3v) is 4.18. The number of benzene rings is 1. The molecule has 1 heterocycles. The van der Waals surface area contributed by atoms with E-state index in [1.165, 1.54) is 11.3 Å². The minimum absolute atomic E-state index is 0.154. The van der Waals surface area contributed by atoms with Crippen LogP contribution in [0.3, 0.4) is 0 Å². The Balaban J connectivity index is 2.08. The van der Waals surface area contributed by atoms with Gasteiger partial charge < -0.3 is 10.6 Å². The number of aromatic nitrogens is 1. The molecule has 0 fully saturated rings. The maximum atomic E-state index is 12.2. The third kappa shape index (κ3) is 3.62. The summed E-state index contributed by atoms with van der Waals surface area (Å²) in [6.07, 6.45) is 2.25. The van der Waals surface area contributed by atoms with Crippen LogP contribution in [-0.4, -0.2) is 16.9 Å². The van der Waals surface area contributed by atoms with Crippen LogP contribution in [0.4, 0.5) is 10.8 Å². The summed E-state index contributed by atoms with van der Waals surface area (Å²) in [6, 6.07) is 4.86. The highest BCUT2D eigenvalue weighted by molar-refractivity contribution is 7.13. The molecule has 0 saturated carbocycles. The van der Waals surface area contributed by atoms with Crippen molar-refractivity contribution in [2.45, 2.75) is 19.4 Å². The van der Waals surface area contributed by atoms with Crippen molar-refractivity contribution >= 4 is 51.3 Å². The minimum Gasteiger partial charge on any atom is -0.372 e. The van der Waals surface area contributed by atoms with Gasteiger partial charge >= 0.3 is 0 Å². The molecule has 2 aromatic rings. The van der Waals surface area contributed by atoms with Crippen molar-refractivity contribution in [2.75, 3.05) is 10.6 Å².